The van der Waals surface area contributed by atoms with Gasteiger partial charge in [-0.05, 0) is 43.5 Å². The number of benzene rings is 1. The monoisotopic (exact) mass is 227 g/mol. The minimum atomic E-state index is 0.485. The summed E-state index contributed by atoms with van der Waals surface area (Å²) in [6, 6.07) is 5.92. The van der Waals surface area contributed by atoms with Gasteiger partial charge in [-0.1, -0.05) is 24.6 Å². The number of rotatable bonds is 5. The van der Waals surface area contributed by atoms with Crippen molar-refractivity contribution in [1.29, 1.82) is 0 Å². The van der Waals surface area contributed by atoms with Crippen LogP contribution in [0.4, 0.5) is 0 Å². The van der Waals surface area contributed by atoms with Gasteiger partial charge in [-0.3, -0.25) is 0 Å². The summed E-state index contributed by atoms with van der Waals surface area (Å²) in [7, 11) is 0. The maximum atomic E-state index is 6.08. The van der Waals surface area contributed by atoms with Crippen LogP contribution in [0.25, 0.3) is 0 Å². The largest absolute Gasteiger partial charge is 0.492 e. The summed E-state index contributed by atoms with van der Waals surface area (Å²) in [6.45, 7) is 5.41. The lowest BCUT2D eigenvalue weighted by Gasteiger charge is -2.10. The van der Waals surface area contributed by atoms with Crippen molar-refractivity contribution in [2.75, 3.05) is 13.2 Å². The van der Waals surface area contributed by atoms with Gasteiger partial charge in [-0.2, -0.15) is 0 Å². The fraction of sp³-hybridized carbons (Fsp3) is 0.500. The molecule has 15 heavy (non-hydrogen) atoms. The van der Waals surface area contributed by atoms with Crippen molar-refractivity contribution in [3.8, 4) is 5.75 Å². The zero-order chi connectivity index (χ0) is 11.3. The Bertz CT molecular complexity index is 314. The highest BCUT2D eigenvalue weighted by Gasteiger charge is 2.05. The van der Waals surface area contributed by atoms with Gasteiger partial charge in [-0.15, -0.1) is 0 Å². The van der Waals surface area contributed by atoms with Crippen LogP contribution in [0.1, 0.15) is 19.4 Å². The molecule has 0 bridgehead atoms. The van der Waals surface area contributed by atoms with Gasteiger partial charge in [0, 0.05) is 0 Å². The van der Waals surface area contributed by atoms with Gasteiger partial charge >= 0.3 is 0 Å². The molecule has 0 aromatic heterocycles. The fourth-order valence-corrected chi connectivity index (χ4v) is 1.69. The number of ether oxygens (including phenoxy) is 1. The Morgan fingerprint density at radius 3 is 2.73 bits per heavy atom. The van der Waals surface area contributed by atoms with Crippen LogP contribution in [0, 0.1) is 5.92 Å². The Morgan fingerprint density at radius 1 is 1.47 bits per heavy atom. The van der Waals surface area contributed by atoms with E-state index in [9.17, 15) is 0 Å². The zero-order valence-corrected chi connectivity index (χ0v) is 10.1. The normalized spacial score (nSPS) is 12.5. The lowest BCUT2D eigenvalue weighted by molar-refractivity contribution is 0.340. The van der Waals surface area contributed by atoms with Crippen LogP contribution in [0.3, 0.4) is 0 Å². The third-order valence-electron chi connectivity index (χ3n) is 2.28. The molecule has 0 saturated carbocycles. The van der Waals surface area contributed by atoms with Crippen molar-refractivity contribution < 1.29 is 4.74 Å². The van der Waals surface area contributed by atoms with E-state index in [4.69, 9.17) is 22.1 Å². The molecule has 1 rings (SSSR count). The lowest BCUT2D eigenvalue weighted by Crippen LogP contribution is -2.13. The van der Waals surface area contributed by atoms with E-state index >= 15 is 0 Å². The minimum Gasteiger partial charge on any atom is -0.492 e. The van der Waals surface area contributed by atoms with Gasteiger partial charge < -0.3 is 10.5 Å². The smallest absolute Gasteiger partial charge is 0.137 e. The molecule has 2 N–H and O–H groups in total. The molecule has 0 aliphatic rings. The van der Waals surface area contributed by atoms with Gasteiger partial charge in [-0.25, -0.2) is 0 Å². The van der Waals surface area contributed by atoms with E-state index in [1.54, 1.807) is 0 Å². The van der Waals surface area contributed by atoms with Crippen LogP contribution >= 0.6 is 11.6 Å². The number of hydrogen-bond acceptors (Lipinski definition) is 2. The molecular formula is C12H18ClNO. The standard InChI is InChI=1S/C12H18ClNO/c1-3-15-12-5-4-10(7-11(12)13)6-9(2)8-14/h4-5,7,9H,3,6,8,14H2,1-2H3. The summed E-state index contributed by atoms with van der Waals surface area (Å²) < 4.78 is 5.37. The van der Waals surface area contributed by atoms with Crippen LogP contribution in [-0.2, 0) is 6.42 Å². The maximum absolute atomic E-state index is 6.08. The van der Waals surface area contributed by atoms with Gasteiger partial charge in [0.05, 0.1) is 11.6 Å². The Balaban J connectivity index is 2.73. The fourth-order valence-electron chi connectivity index (χ4n) is 1.43. The van der Waals surface area contributed by atoms with E-state index in [1.807, 2.05) is 25.1 Å². The van der Waals surface area contributed by atoms with E-state index in [1.165, 1.54) is 5.56 Å². The van der Waals surface area contributed by atoms with Crippen molar-refractivity contribution in [2.24, 2.45) is 11.7 Å². The van der Waals surface area contributed by atoms with Crippen LogP contribution in [-0.4, -0.2) is 13.2 Å². The second-order valence-electron chi connectivity index (χ2n) is 3.74. The minimum absolute atomic E-state index is 0.485. The van der Waals surface area contributed by atoms with Crippen molar-refractivity contribution in [3.05, 3.63) is 28.8 Å². The molecule has 1 unspecified atom stereocenters. The van der Waals surface area contributed by atoms with Crippen LogP contribution in [0.2, 0.25) is 5.02 Å². The molecule has 0 heterocycles. The molecular weight excluding hydrogens is 210 g/mol. The Kier molecular flexibility index (Phi) is 4.92. The molecule has 1 aromatic rings. The summed E-state index contributed by atoms with van der Waals surface area (Å²) in [6.07, 6.45) is 0.961. The Hall–Kier alpha value is -0.730. The lowest BCUT2D eigenvalue weighted by atomic mass is 10.0. The first kappa shape index (κ1) is 12.3. The highest BCUT2D eigenvalue weighted by Crippen LogP contribution is 2.26. The molecule has 84 valence electrons. The van der Waals surface area contributed by atoms with Gasteiger partial charge in [0.15, 0.2) is 0 Å². The van der Waals surface area contributed by atoms with Crippen molar-refractivity contribution in [3.63, 3.8) is 0 Å². The van der Waals surface area contributed by atoms with E-state index in [-0.39, 0.29) is 0 Å². The molecule has 0 saturated heterocycles. The average Bonchev–Trinajstić information content (AvgIpc) is 2.22. The summed E-state index contributed by atoms with van der Waals surface area (Å²) in [5.41, 5.74) is 6.79. The highest BCUT2D eigenvalue weighted by atomic mass is 35.5. The molecule has 1 atom stereocenters. The van der Waals surface area contributed by atoms with E-state index < -0.39 is 0 Å². The van der Waals surface area contributed by atoms with Crippen molar-refractivity contribution in [2.45, 2.75) is 20.3 Å². The predicted octanol–water partition coefficient (Wildman–Crippen LogP) is 2.88. The first-order chi connectivity index (χ1) is 7.17. The quantitative estimate of drug-likeness (QED) is 0.840. The van der Waals surface area contributed by atoms with Gasteiger partial charge in [0.25, 0.3) is 0 Å². The van der Waals surface area contributed by atoms with Crippen molar-refractivity contribution >= 4 is 11.6 Å². The molecule has 0 amide bonds. The zero-order valence-electron chi connectivity index (χ0n) is 9.29. The van der Waals surface area contributed by atoms with Crippen LogP contribution in [0.5, 0.6) is 5.75 Å². The number of nitrogens with two attached hydrogens (primary N) is 1. The van der Waals surface area contributed by atoms with Crippen molar-refractivity contribution in [1.82, 2.24) is 0 Å². The number of hydrogen-bond donors (Lipinski definition) is 1. The topological polar surface area (TPSA) is 35.2 Å². The maximum Gasteiger partial charge on any atom is 0.137 e. The van der Waals surface area contributed by atoms with Gasteiger partial charge in [0.1, 0.15) is 5.75 Å². The summed E-state index contributed by atoms with van der Waals surface area (Å²) >= 11 is 6.08. The second-order valence-corrected chi connectivity index (χ2v) is 4.15. The molecule has 0 fully saturated rings. The molecule has 1 aromatic carbocycles. The summed E-state index contributed by atoms with van der Waals surface area (Å²) in [5, 5.41) is 0.679. The summed E-state index contributed by atoms with van der Waals surface area (Å²) in [4.78, 5) is 0. The van der Waals surface area contributed by atoms with E-state index in [0.717, 1.165) is 12.2 Å². The van der Waals surface area contributed by atoms with E-state index in [0.29, 0.717) is 24.1 Å². The molecule has 0 spiro atoms. The van der Waals surface area contributed by atoms with E-state index in [2.05, 4.69) is 6.92 Å². The third-order valence-corrected chi connectivity index (χ3v) is 2.58. The SMILES string of the molecule is CCOc1ccc(CC(C)CN)cc1Cl. The van der Waals surface area contributed by atoms with Gasteiger partial charge in [0.2, 0.25) is 0 Å². The average molecular weight is 228 g/mol. The predicted molar refractivity (Wildman–Crippen MR) is 64.5 cm³/mol. The second kappa shape index (κ2) is 5.99. The third kappa shape index (κ3) is 3.73. The first-order valence-corrected chi connectivity index (χ1v) is 5.66. The Labute approximate surface area is 96.4 Å². The highest BCUT2D eigenvalue weighted by molar-refractivity contribution is 6.32. The molecule has 3 heteroatoms. The molecule has 2 nitrogen and oxygen atoms in total. The Morgan fingerprint density at radius 2 is 2.20 bits per heavy atom. The molecule has 0 aliphatic heterocycles. The summed E-state index contributed by atoms with van der Waals surface area (Å²) in [5.74, 6) is 1.24. The van der Waals surface area contributed by atoms with Crippen LogP contribution < -0.4 is 10.5 Å². The molecule has 0 radical (unpaired) electrons. The van der Waals surface area contributed by atoms with Crippen LogP contribution in [0.15, 0.2) is 18.2 Å². The first-order valence-electron chi connectivity index (χ1n) is 5.28. The molecule has 0 aliphatic carbocycles. The number of halogens is 1.